The number of nitrogens with one attached hydrogen (secondary N) is 1. The summed E-state index contributed by atoms with van der Waals surface area (Å²) in [5, 5.41) is 7.08. The van der Waals surface area contributed by atoms with Gasteiger partial charge in [0.25, 0.3) is 5.91 Å². The quantitative estimate of drug-likeness (QED) is 0.639. The van der Waals surface area contributed by atoms with Crippen LogP contribution in [0.2, 0.25) is 5.02 Å². The van der Waals surface area contributed by atoms with E-state index in [1.807, 2.05) is 6.07 Å². The Bertz CT molecular complexity index is 1160. The van der Waals surface area contributed by atoms with E-state index in [1.54, 1.807) is 43.3 Å². The molecule has 1 aromatic heterocycles. The van der Waals surface area contributed by atoms with Crippen molar-refractivity contribution in [2.75, 3.05) is 17.6 Å². The molecule has 0 saturated heterocycles. The Kier molecular flexibility index (Phi) is 5.90. The summed E-state index contributed by atoms with van der Waals surface area (Å²) in [4.78, 5) is 16.7. The first kappa shape index (κ1) is 20.8. The van der Waals surface area contributed by atoms with E-state index in [0.717, 1.165) is 6.26 Å². The van der Waals surface area contributed by atoms with E-state index in [9.17, 15) is 13.2 Å². The molecule has 0 atom stereocenters. The van der Waals surface area contributed by atoms with Gasteiger partial charge < -0.3 is 9.84 Å². The summed E-state index contributed by atoms with van der Waals surface area (Å²) in [6.07, 6.45) is 1.12. The van der Waals surface area contributed by atoms with Gasteiger partial charge in [-0.05, 0) is 42.8 Å². The van der Waals surface area contributed by atoms with Crippen molar-refractivity contribution in [1.82, 2.24) is 15.5 Å². The van der Waals surface area contributed by atoms with Crippen LogP contribution < -0.4 is 9.62 Å². The summed E-state index contributed by atoms with van der Waals surface area (Å²) in [7, 11) is -1.92. The van der Waals surface area contributed by atoms with Crippen molar-refractivity contribution in [3.05, 3.63) is 64.5 Å². The minimum Gasteiger partial charge on any atom is -0.343 e. The molecule has 10 heteroatoms. The van der Waals surface area contributed by atoms with Crippen LogP contribution in [0.1, 0.15) is 21.8 Å². The molecule has 3 aromatic rings. The van der Waals surface area contributed by atoms with E-state index < -0.39 is 10.0 Å². The van der Waals surface area contributed by atoms with E-state index >= 15 is 0 Å². The fourth-order valence-corrected chi connectivity index (χ4v) is 3.45. The van der Waals surface area contributed by atoms with Gasteiger partial charge in [-0.1, -0.05) is 28.9 Å². The zero-order valence-electron chi connectivity index (χ0n) is 16.0. The van der Waals surface area contributed by atoms with Crippen molar-refractivity contribution in [2.24, 2.45) is 0 Å². The van der Waals surface area contributed by atoms with Crippen molar-refractivity contribution in [3.8, 4) is 11.4 Å². The van der Waals surface area contributed by atoms with Crippen LogP contribution in [0.4, 0.5) is 5.69 Å². The van der Waals surface area contributed by atoms with Gasteiger partial charge in [0.05, 0.1) is 23.5 Å². The molecule has 29 heavy (non-hydrogen) atoms. The Morgan fingerprint density at radius 2 is 1.97 bits per heavy atom. The normalized spacial score (nSPS) is 11.3. The third kappa shape index (κ3) is 4.75. The monoisotopic (exact) mass is 434 g/mol. The molecule has 152 valence electrons. The van der Waals surface area contributed by atoms with Gasteiger partial charge in [0.15, 0.2) is 0 Å². The van der Waals surface area contributed by atoms with Crippen molar-refractivity contribution in [1.29, 1.82) is 0 Å². The topological polar surface area (TPSA) is 105 Å². The van der Waals surface area contributed by atoms with Crippen LogP contribution >= 0.6 is 11.6 Å². The second kappa shape index (κ2) is 8.22. The molecule has 1 amide bonds. The molecule has 2 aromatic carbocycles. The maximum Gasteiger partial charge on any atom is 0.251 e. The fourth-order valence-electron chi connectivity index (χ4n) is 2.67. The average molecular weight is 435 g/mol. The predicted molar refractivity (Wildman–Crippen MR) is 110 cm³/mol. The lowest BCUT2D eigenvalue weighted by atomic mass is 10.1. The minimum absolute atomic E-state index is 0.0420. The van der Waals surface area contributed by atoms with E-state index in [1.165, 1.54) is 11.4 Å². The molecular formula is C19H19ClN4O4S. The fraction of sp³-hybridized carbons (Fsp3) is 0.211. The first-order valence-corrected chi connectivity index (χ1v) is 10.8. The third-order valence-electron chi connectivity index (χ3n) is 4.28. The molecule has 0 fully saturated rings. The van der Waals surface area contributed by atoms with E-state index in [4.69, 9.17) is 16.1 Å². The van der Waals surface area contributed by atoms with Crippen LogP contribution in [-0.4, -0.2) is 37.8 Å². The maximum atomic E-state index is 12.4. The second-order valence-corrected chi connectivity index (χ2v) is 8.83. The van der Waals surface area contributed by atoms with Gasteiger partial charge in [0.2, 0.25) is 21.7 Å². The first-order chi connectivity index (χ1) is 13.7. The van der Waals surface area contributed by atoms with Crippen LogP contribution in [0.15, 0.2) is 47.0 Å². The summed E-state index contributed by atoms with van der Waals surface area (Å²) < 4.78 is 29.7. The highest BCUT2D eigenvalue weighted by atomic mass is 35.5. The number of anilines is 1. The molecule has 1 heterocycles. The van der Waals surface area contributed by atoms with Crippen molar-refractivity contribution in [3.63, 3.8) is 0 Å². The molecule has 0 bridgehead atoms. The molecule has 0 saturated carbocycles. The highest BCUT2D eigenvalue weighted by Gasteiger charge is 2.17. The number of amides is 1. The van der Waals surface area contributed by atoms with Crippen LogP contribution in [0, 0.1) is 6.92 Å². The summed E-state index contributed by atoms with van der Waals surface area (Å²) in [5.41, 5.74) is 2.19. The number of hydrogen-bond donors (Lipinski definition) is 1. The molecule has 0 aliphatic carbocycles. The predicted octanol–water partition coefficient (Wildman–Crippen LogP) is 3.02. The number of hydrogen-bond acceptors (Lipinski definition) is 6. The van der Waals surface area contributed by atoms with Crippen molar-refractivity contribution < 1.29 is 17.7 Å². The van der Waals surface area contributed by atoms with Gasteiger partial charge in [-0.15, -0.1) is 0 Å². The van der Waals surface area contributed by atoms with Gasteiger partial charge >= 0.3 is 0 Å². The molecule has 0 radical (unpaired) electrons. The lowest BCUT2D eigenvalue weighted by Crippen LogP contribution is -2.26. The van der Waals surface area contributed by atoms with Crippen LogP contribution in [0.3, 0.4) is 0 Å². The first-order valence-electron chi connectivity index (χ1n) is 8.57. The number of carbonyl (C=O) groups is 1. The highest BCUT2D eigenvalue weighted by molar-refractivity contribution is 7.92. The Hall–Kier alpha value is -2.91. The molecule has 0 spiro atoms. The lowest BCUT2D eigenvalue weighted by Gasteiger charge is -2.19. The Morgan fingerprint density at radius 1 is 1.24 bits per heavy atom. The van der Waals surface area contributed by atoms with Gasteiger partial charge in [0.1, 0.15) is 0 Å². The lowest BCUT2D eigenvalue weighted by molar-refractivity contribution is 0.0946. The number of aryl methyl sites for hydroxylation is 1. The van der Waals surface area contributed by atoms with Crippen LogP contribution in [0.5, 0.6) is 0 Å². The Morgan fingerprint density at radius 3 is 2.62 bits per heavy atom. The summed E-state index contributed by atoms with van der Waals surface area (Å²) in [5.74, 6) is 0.224. The van der Waals surface area contributed by atoms with Crippen LogP contribution in [0.25, 0.3) is 11.4 Å². The third-order valence-corrected chi connectivity index (χ3v) is 5.80. The SMILES string of the molecule is Cc1cc(C(=O)NCc2nc(-c3ccccc3Cl)no2)ccc1N(C)S(C)(=O)=O. The molecule has 3 rings (SSSR count). The molecule has 8 nitrogen and oxygen atoms in total. The number of sulfonamides is 1. The zero-order valence-corrected chi connectivity index (χ0v) is 17.6. The Labute approximate surface area is 173 Å². The van der Waals surface area contributed by atoms with Crippen molar-refractivity contribution >= 4 is 33.2 Å². The number of rotatable bonds is 6. The van der Waals surface area contributed by atoms with Crippen molar-refractivity contribution in [2.45, 2.75) is 13.5 Å². The number of halogens is 1. The van der Waals surface area contributed by atoms with Gasteiger partial charge in [-0.2, -0.15) is 4.98 Å². The largest absolute Gasteiger partial charge is 0.343 e. The molecule has 0 unspecified atom stereocenters. The molecule has 0 aliphatic heterocycles. The van der Waals surface area contributed by atoms with Gasteiger partial charge in [-0.25, -0.2) is 8.42 Å². The second-order valence-electron chi connectivity index (χ2n) is 6.41. The standard InChI is InChI=1S/C19H19ClN4O4S/c1-12-10-13(8-9-16(12)24(2)29(3,26)27)19(25)21-11-17-22-18(23-28-17)14-6-4-5-7-15(14)20/h4-10H,11H2,1-3H3,(H,21,25). The van der Waals surface area contributed by atoms with Crippen LogP contribution in [-0.2, 0) is 16.6 Å². The summed E-state index contributed by atoms with van der Waals surface area (Å²) >= 11 is 6.12. The maximum absolute atomic E-state index is 12.4. The average Bonchev–Trinajstić information content (AvgIpc) is 3.14. The zero-order chi connectivity index (χ0) is 21.2. The minimum atomic E-state index is -3.39. The smallest absolute Gasteiger partial charge is 0.251 e. The van der Waals surface area contributed by atoms with Gasteiger partial charge in [0, 0.05) is 18.2 Å². The number of nitrogens with zero attached hydrogens (tertiary/aromatic N) is 3. The number of carbonyl (C=O) groups excluding carboxylic acids is 1. The Balaban J connectivity index is 1.69. The van der Waals surface area contributed by atoms with Gasteiger partial charge in [-0.3, -0.25) is 9.10 Å². The molecule has 0 aliphatic rings. The molecule has 1 N–H and O–H groups in total. The number of benzene rings is 2. The molecular weight excluding hydrogens is 416 g/mol. The van der Waals surface area contributed by atoms with E-state index in [2.05, 4.69) is 15.5 Å². The van der Waals surface area contributed by atoms with E-state index in [-0.39, 0.29) is 18.3 Å². The highest BCUT2D eigenvalue weighted by Crippen LogP contribution is 2.25. The summed E-state index contributed by atoms with van der Waals surface area (Å²) in [6.45, 7) is 1.78. The van der Waals surface area contributed by atoms with E-state index in [0.29, 0.717) is 33.2 Å². The number of aromatic nitrogens is 2. The summed E-state index contributed by atoms with van der Waals surface area (Å²) in [6, 6.07) is 11.9.